The molecule has 0 amide bonds. The zero-order chi connectivity index (χ0) is 23.9. The third-order valence-corrected chi connectivity index (χ3v) is 14.6. The Bertz CT molecular complexity index is 1740. The van der Waals surface area contributed by atoms with Gasteiger partial charge in [-0.15, -0.1) is 0 Å². The lowest BCUT2D eigenvalue weighted by Gasteiger charge is -2.29. The molecule has 0 radical (unpaired) electrons. The van der Waals surface area contributed by atoms with Crippen molar-refractivity contribution in [3.8, 4) is 0 Å². The minimum absolute atomic E-state index is 1.30. The lowest BCUT2D eigenvalue weighted by Crippen LogP contribution is -2.45. The number of rotatable bonds is 4. The van der Waals surface area contributed by atoms with Crippen LogP contribution in [-0.2, 0) is 7.05 Å². The zero-order valence-electron chi connectivity index (χ0n) is 21.6. The van der Waals surface area contributed by atoms with Crippen LogP contribution >= 0.6 is 0 Å². The van der Waals surface area contributed by atoms with Crippen molar-refractivity contribution in [2.24, 2.45) is 7.05 Å². The summed E-state index contributed by atoms with van der Waals surface area (Å²) in [5.41, 5.74) is 9.56. The molecule has 0 saturated heterocycles. The summed E-state index contributed by atoms with van der Waals surface area (Å²) in [6.07, 6.45) is 2.27. The molecule has 0 atom stereocenters. The molecule has 3 heteroatoms. The average Bonchev–Trinajstić information content (AvgIpc) is 3.15. The van der Waals surface area contributed by atoms with Gasteiger partial charge in [0.2, 0.25) is 5.52 Å². The highest BCUT2D eigenvalue weighted by Crippen LogP contribution is 2.42. The van der Waals surface area contributed by atoms with Crippen LogP contribution < -0.4 is 9.75 Å². The maximum atomic E-state index is 2.61. The molecule has 3 aromatic carbocycles. The van der Waals surface area contributed by atoms with Crippen LogP contribution in [0.25, 0.3) is 49.0 Å². The van der Waals surface area contributed by atoms with Gasteiger partial charge in [-0.3, -0.25) is 0 Å². The molecule has 0 aliphatic rings. The van der Waals surface area contributed by atoms with E-state index in [-0.39, 0.29) is 0 Å². The van der Waals surface area contributed by atoms with Crippen molar-refractivity contribution in [1.29, 1.82) is 0 Å². The van der Waals surface area contributed by atoms with E-state index in [1.54, 1.807) is 5.19 Å². The lowest BCUT2D eigenvalue weighted by atomic mass is 9.96. The van der Waals surface area contributed by atoms with Crippen molar-refractivity contribution < 1.29 is 4.57 Å². The summed E-state index contributed by atoms with van der Waals surface area (Å²) in [7, 11) is 0.676. The molecule has 0 fully saturated rings. The van der Waals surface area contributed by atoms with Crippen LogP contribution in [0, 0.1) is 20.8 Å². The highest BCUT2D eigenvalue weighted by atomic mass is 28.3. The van der Waals surface area contributed by atoms with E-state index >= 15 is 0 Å². The summed E-state index contributed by atoms with van der Waals surface area (Å²) >= 11 is 0. The Morgan fingerprint density at radius 2 is 1.53 bits per heavy atom. The predicted octanol–water partition coefficient (Wildman–Crippen LogP) is 7.46. The van der Waals surface area contributed by atoms with Gasteiger partial charge in [-0.1, -0.05) is 62.3 Å². The summed E-state index contributed by atoms with van der Waals surface area (Å²) < 4.78 is 4.96. The van der Waals surface area contributed by atoms with Crippen LogP contribution in [0.4, 0.5) is 0 Å². The smallest absolute Gasteiger partial charge is 0.224 e. The second-order valence-electron chi connectivity index (χ2n) is 10.5. The van der Waals surface area contributed by atoms with Crippen molar-refractivity contribution >= 4 is 62.3 Å². The van der Waals surface area contributed by atoms with Gasteiger partial charge in [0.25, 0.3) is 0 Å². The highest BCUT2D eigenvalue weighted by molar-refractivity contribution is 6.92. The van der Waals surface area contributed by atoms with Crippen LogP contribution in [0.5, 0.6) is 0 Å². The van der Waals surface area contributed by atoms with Gasteiger partial charge >= 0.3 is 0 Å². The third kappa shape index (κ3) is 2.59. The number of pyridine rings is 2. The predicted molar refractivity (Wildman–Crippen MR) is 151 cm³/mol. The molecule has 172 valence electrons. The Morgan fingerprint density at radius 1 is 0.794 bits per heavy atom. The molecule has 0 saturated carbocycles. The first-order valence-electron chi connectivity index (χ1n) is 12.9. The molecule has 0 spiro atoms. The quantitative estimate of drug-likeness (QED) is 0.111. The standard InChI is InChI=1S/C31H35N2Si/c1-8-34(9-2,10-3)23-17-22-13-14-32(7)31-28-21(6)20(5)16-25-24-12-11-19(4)15-26(24)33(30(25)28)27(18-23)29(22)31/h11-18H,8-10H2,1-7H3/q+1. The van der Waals surface area contributed by atoms with Gasteiger partial charge in [-0.05, 0) is 61.0 Å². The van der Waals surface area contributed by atoms with Gasteiger partial charge < -0.3 is 4.40 Å². The molecule has 0 aliphatic heterocycles. The summed E-state index contributed by atoms with van der Waals surface area (Å²) in [6.45, 7) is 14.0. The molecule has 0 unspecified atom stereocenters. The Morgan fingerprint density at radius 3 is 2.24 bits per heavy atom. The Hall–Kier alpha value is -2.91. The van der Waals surface area contributed by atoms with Crippen LogP contribution in [0.3, 0.4) is 0 Å². The van der Waals surface area contributed by atoms with Crippen LogP contribution in [-0.4, -0.2) is 12.5 Å². The second-order valence-corrected chi connectivity index (χ2v) is 15.8. The monoisotopic (exact) mass is 463 g/mol. The third-order valence-electron chi connectivity index (χ3n) is 9.06. The first kappa shape index (κ1) is 21.6. The summed E-state index contributed by atoms with van der Waals surface area (Å²) in [4.78, 5) is 0. The molecule has 6 aromatic rings. The van der Waals surface area contributed by atoms with E-state index < -0.39 is 8.07 Å². The fourth-order valence-electron chi connectivity index (χ4n) is 6.68. The van der Waals surface area contributed by atoms with Crippen molar-refractivity contribution in [3.05, 3.63) is 65.4 Å². The van der Waals surface area contributed by atoms with Gasteiger partial charge in [0, 0.05) is 16.8 Å². The normalized spacial score (nSPS) is 12.9. The van der Waals surface area contributed by atoms with E-state index in [9.17, 15) is 0 Å². The Balaban J connectivity index is 2.00. The van der Waals surface area contributed by atoms with Crippen molar-refractivity contribution in [3.63, 3.8) is 0 Å². The van der Waals surface area contributed by atoms with E-state index in [4.69, 9.17) is 0 Å². The van der Waals surface area contributed by atoms with Crippen LogP contribution in [0.15, 0.2) is 48.7 Å². The number of hydrogen-bond donors (Lipinski definition) is 0. The van der Waals surface area contributed by atoms with Gasteiger partial charge in [-0.2, -0.15) is 0 Å². The number of aryl methyl sites for hydroxylation is 4. The van der Waals surface area contributed by atoms with Gasteiger partial charge in [0.1, 0.15) is 7.05 Å². The second kappa shape index (κ2) is 7.29. The topological polar surface area (TPSA) is 8.29 Å². The summed E-state index contributed by atoms with van der Waals surface area (Å²) in [6, 6.07) is 20.8. The van der Waals surface area contributed by atoms with Gasteiger partial charge in [0.15, 0.2) is 6.20 Å². The highest BCUT2D eigenvalue weighted by Gasteiger charge is 2.32. The number of nitrogens with zero attached hydrogens (tertiary/aromatic N) is 2. The number of fused-ring (bicyclic) bond motifs is 5. The van der Waals surface area contributed by atoms with E-state index in [1.165, 1.54) is 83.8 Å². The number of aromatic nitrogens is 2. The first-order valence-corrected chi connectivity index (χ1v) is 15.5. The number of hydrogen-bond acceptors (Lipinski definition) is 0. The molecule has 3 heterocycles. The minimum Gasteiger partial charge on any atom is -0.307 e. The van der Waals surface area contributed by atoms with E-state index in [0.717, 1.165) is 0 Å². The SMILES string of the molecule is CC[Si](CC)(CC)c1cc2cc[n+](C)c3c4c(C)c(C)cc5c6ccc(C)cc6n(c(c1)c23)c54. The zero-order valence-corrected chi connectivity index (χ0v) is 22.6. The Kier molecular flexibility index (Phi) is 4.63. The van der Waals surface area contributed by atoms with Gasteiger partial charge in [0.05, 0.1) is 35.4 Å². The van der Waals surface area contributed by atoms with Gasteiger partial charge in [-0.25, -0.2) is 4.57 Å². The van der Waals surface area contributed by atoms with Crippen LogP contribution in [0.2, 0.25) is 18.1 Å². The largest absolute Gasteiger partial charge is 0.307 e. The van der Waals surface area contributed by atoms with Crippen molar-refractivity contribution in [1.82, 2.24) is 4.40 Å². The van der Waals surface area contributed by atoms with Crippen molar-refractivity contribution in [2.45, 2.75) is 59.7 Å². The maximum Gasteiger partial charge on any atom is 0.224 e. The van der Waals surface area contributed by atoms with Crippen LogP contribution in [0.1, 0.15) is 37.5 Å². The maximum absolute atomic E-state index is 2.61. The molecule has 0 N–H and O–H groups in total. The molecule has 0 aliphatic carbocycles. The van der Waals surface area contributed by atoms with E-state index in [1.807, 2.05) is 0 Å². The fourth-order valence-corrected chi connectivity index (χ4v) is 10.3. The molecule has 0 bridgehead atoms. The minimum atomic E-state index is -1.54. The Labute approximate surface area is 203 Å². The fraction of sp³-hybridized carbons (Fsp3) is 0.323. The molecular formula is C31H35N2Si+. The summed E-state index contributed by atoms with van der Waals surface area (Å²) in [5, 5.41) is 8.57. The van der Waals surface area contributed by atoms with E-state index in [2.05, 4.69) is 106 Å². The molecule has 2 nitrogen and oxygen atoms in total. The summed E-state index contributed by atoms with van der Waals surface area (Å²) in [5.74, 6) is 0. The van der Waals surface area contributed by atoms with Crippen molar-refractivity contribution in [2.75, 3.05) is 0 Å². The van der Waals surface area contributed by atoms with E-state index in [0.29, 0.717) is 0 Å². The average molecular weight is 464 g/mol. The molecule has 3 aromatic heterocycles. The lowest BCUT2D eigenvalue weighted by molar-refractivity contribution is -0.643. The first-order chi connectivity index (χ1) is 16.3. The molecule has 6 rings (SSSR count). The number of benzene rings is 3. The molecular weight excluding hydrogens is 428 g/mol. The molecule has 34 heavy (non-hydrogen) atoms.